The van der Waals surface area contributed by atoms with Gasteiger partial charge in [-0.05, 0) is 101 Å². The molecule has 0 saturated carbocycles. The number of benzene rings is 1. The fraction of sp³-hybridized carbons (Fsp3) is 0.486. The molecular weight excluding hydrogens is 645 g/mol. The Morgan fingerprint density at radius 3 is 2.75 bits per heavy atom. The highest BCUT2D eigenvalue weighted by Crippen LogP contribution is 2.45. The SMILES string of the molecule is CC1(Nc2ncnc3sc4c(c23)CCc2nn(CCN3CCC(N5CCCCC5)CC3)cc2-4)C=CC(OCc2cccc(F)c2)=C(Cl)C1. The van der Waals surface area contributed by atoms with E-state index in [9.17, 15) is 4.39 Å². The van der Waals surface area contributed by atoms with Gasteiger partial charge in [0.2, 0.25) is 0 Å². The van der Waals surface area contributed by atoms with Crippen molar-refractivity contribution in [1.29, 1.82) is 0 Å². The van der Waals surface area contributed by atoms with Gasteiger partial charge in [0.15, 0.2) is 0 Å². The van der Waals surface area contributed by atoms with Gasteiger partial charge in [0.1, 0.15) is 35.2 Å². The summed E-state index contributed by atoms with van der Waals surface area (Å²) < 4.78 is 21.7. The zero-order chi connectivity index (χ0) is 32.7. The van der Waals surface area contributed by atoms with Crippen molar-refractivity contribution in [2.75, 3.05) is 38.0 Å². The molecule has 1 unspecified atom stereocenters. The molecule has 4 aromatic rings. The van der Waals surface area contributed by atoms with Gasteiger partial charge in [0.25, 0.3) is 0 Å². The van der Waals surface area contributed by atoms with Crippen molar-refractivity contribution in [3.63, 3.8) is 0 Å². The summed E-state index contributed by atoms with van der Waals surface area (Å²) in [6.45, 7) is 9.30. The smallest absolute Gasteiger partial charge is 0.139 e. The topological polar surface area (TPSA) is 71.3 Å². The van der Waals surface area contributed by atoms with Crippen molar-refractivity contribution in [3.05, 3.63) is 82.4 Å². The number of hydrogen-bond acceptors (Lipinski definition) is 8. The molecule has 0 radical (unpaired) electrons. The number of anilines is 1. The molecule has 3 aromatic heterocycles. The molecule has 5 heterocycles. The first kappa shape index (κ1) is 31.9. The van der Waals surface area contributed by atoms with Crippen molar-refractivity contribution < 1.29 is 9.13 Å². The number of nitrogens with one attached hydrogen (secondary N) is 1. The molecule has 252 valence electrons. The van der Waals surface area contributed by atoms with Crippen LogP contribution in [0.25, 0.3) is 20.7 Å². The molecule has 1 N–H and O–H groups in total. The van der Waals surface area contributed by atoms with Crippen molar-refractivity contribution in [2.45, 2.75) is 83.0 Å². The molecule has 2 saturated heterocycles. The zero-order valence-electron chi connectivity index (χ0n) is 27.6. The summed E-state index contributed by atoms with van der Waals surface area (Å²) in [5.41, 5.74) is 4.02. The van der Waals surface area contributed by atoms with Crippen LogP contribution >= 0.6 is 22.9 Å². The quantitative estimate of drug-likeness (QED) is 0.195. The first-order chi connectivity index (χ1) is 23.4. The predicted molar refractivity (Wildman–Crippen MR) is 191 cm³/mol. The summed E-state index contributed by atoms with van der Waals surface area (Å²) in [6.07, 6.45) is 17.0. The number of halogens is 2. The third-order valence-corrected chi connectivity index (χ3v) is 12.0. The molecule has 0 bridgehead atoms. The standard InChI is InChI=1S/C37H43ClFN7OS/c1-37(13-10-32(30(38)21-37)47-23-25-6-5-7-26(39)20-25)42-35-33-28-8-9-31-29(34(28)48-36(33)41-24-40-35)22-46(43-31)19-18-44-16-11-27(12-17-44)45-14-3-2-4-15-45/h5-7,10,13,20,22,24,27H,2-4,8-9,11-12,14-19,21,23H2,1H3,(H,40,41,42). The van der Waals surface area contributed by atoms with E-state index in [-0.39, 0.29) is 12.4 Å². The minimum atomic E-state index is -0.466. The van der Waals surface area contributed by atoms with E-state index in [1.807, 2.05) is 12.1 Å². The Labute approximate surface area is 290 Å². The van der Waals surface area contributed by atoms with E-state index >= 15 is 0 Å². The van der Waals surface area contributed by atoms with Gasteiger partial charge in [-0.25, -0.2) is 14.4 Å². The molecular formula is C37H43ClFN7OS. The maximum Gasteiger partial charge on any atom is 0.139 e. The van der Waals surface area contributed by atoms with Crippen molar-refractivity contribution in [3.8, 4) is 10.4 Å². The first-order valence-electron chi connectivity index (χ1n) is 17.4. The second-order valence-corrected chi connectivity index (χ2v) is 15.4. The van der Waals surface area contributed by atoms with Crippen LogP contribution in [0.1, 0.15) is 62.3 Å². The number of aromatic nitrogens is 4. The number of ether oxygens (including phenoxy) is 1. The molecule has 48 heavy (non-hydrogen) atoms. The fourth-order valence-corrected chi connectivity index (χ4v) is 9.48. The van der Waals surface area contributed by atoms with Crippen LogP contribution in [-0.4, -0.2) is 73.9 Å². The lowest BCUT2D eigenvalue weighted by Crippen LogP contribution is -2.47. The number of nitrogens with zero attached hydrogens (tertiary/aromatic N) is 6. The maximum absolute atomic E-state index is 13.6. The predicted octanol–water partition coefficient (Wildman–Crippen LogP) is 7.54. The normalized spacial score (nSPS) is 22.2. The maximum atomic E-state index is 13.6. The molecule has 2 aliphatic carbocycles. The van der Waals surface area contributed by atoms with Crippen molar-refractivity contribution in [2.24, 2.45) is 0 Å². The van der Waals surface area contributed by atoms with Gasteiger partial charge in [0.05, 0.1) is 28.2 Å². The van der Waals surface area contributed by atoms with Crippen LogP contribution < -0.4 is 5.32 Å². The van der Waals surface area contributed by atoms with E-state index in [1.165, 1.54) is 92.1 Å². The van der Waals surface area contributed by atoms with E-state index in [0.29, 0.717) is 17.2 Å². The third kappa shape index (κ3) is 6.64. The summed E-state index contributed by atoms with van der Waals surface area (Å²) in [4.78, 5) is 17.0. The van der Waals surface area contributed by atoms with E-state index in [0.717, 1.165) is 53.6 Å². The lowest BCUT2D eigenvalue weighted by atomic mass is 9.91. The van der Waals surface area contributed by atoms with Gasteiger partial charge >= 0.3 is 0 Å². The average Bonchev–Trinajstić information content (AvgIpc) is 3.70. The van der Waals surface area contributed by atoms with Crippen molar-refractivity contribution in [1.82, 2.24) is 29.5 Å². The number of hydrogen-bond donors (Lipinski definition) is 1. The van der Waals surface area contributed by atoms with E-state index in [2.05, 4.69) is 39.0 Å². The Bertz CT molecular complexity index is 1860. The van der Waals surface area contributed by atoms with Gasteiger partial charge in [-0.3, -0.25) is 4.68 Å². The van der Waals surface area contributed by atoms with Crippen molar-refractivity contribution >= 4 is 39.0 Å². The second kappa shape index (κ2) is 13.5. The highest BCUT2D eigenvalue weighted by molar-refractivity contribution is 7.22. The largest absolute Gasteiger partial charge is 0.488 e. The van der Waals surface area contributed by atoms with E-state index in [4.69, 9.17) is 31.4 Å². The van der Waals surface area contributed by atoms with Crippen LogP contribution in [0.15, 0.2) is 59.7 Å². The molecule has 8 rings (SSSR count). The van der Waals surface area contributed by atoms with Crippen LogP contribution in [0.4, 0.5) is 10.2 Å². The summed E-state index contributed by atoms with van der Waals surface area (Å²) in [6, 6.07) is 7.20. The summed E-state index contributed by atoms with van der Waals surface area (Å²) in [5, 5.41) is 10.5. The van der Waals surface area contributed by atoms with E-state index < -0.39 is 5.54 Å². The van der Waals surface area contributed by atoms with Gasteiger partial charge in [0, 0.05) is 35.6 Å². The van der Waals surface area contributed by atoms with Crippen LogP contribution in [0.5, 0.6) is 0 Å². The van der Waals surface area contributed by atoms with Gasteiger partial charge < -0.3 is 19.9 Å². The Morgan fingerprint density at radius 1 is 1.08 bits per heavy atom. The molecule has 1 atom stereocenters. The third-order valence-electron chi connectivity index (χ3n) is 10.5. The number of aryl methyl sites for hydroxylation is 2. The number of fused-ring (bicyclic) bond motifs is 5. The lowest BCUT2D eigenvalue weighted by Gasteiger charge is -2.40. The zero-order valence-corrected chi connectivity index (χ0v) is 29.1. The van der Waals surface area contributed by atoms with Gasteiger partial charge in [-0.15, -0.1) is 11.3 Å². The second-order valence-electron chi connectivity index (χ2n) is 14.0. The highest BCUT2D eigenvalue weighted by Gasteiger charge is 2.32. The molecule has 0 spiro atoms. The Kier molecular flexibility index (Phi) is 9.00. The molecule has 11 heteroatoms. The summed E-state index contributed by atoms with van der Waals surface area (Å²) in [5.74, 6) is 1.15. The lowest BCUT2D eigenvalue weighted by molar-refractivity contribution is 0.0906. The summed E-state index contributed by atoms with van der Waals surface area (Å²) >= 11 is 8.50. The number of allylic oxidation sites excluding steroid dienone is 1. The monoisotopic (exact) mass is 687 g/mol. The summed E-state index contributed by atoms with van der Waals surface area (Å²) in [7, 11) is 0. The molecule has 2 aliphatic heterocycles. The minimum Gasteiger partial charge on any atom is -0.488 e. The molecule has 2 fully saturated rings. The Hall–Kier alpha value is -3.31. The fourth-order valence-electron chi connectivity index (χ4n) is 7.86. The number of thiophene rings is 1. The number of piperidine rings is 2. The van der Waals surface area contributed by atoms with Crippen LogP contribution in [0.3, 0.4) is 0 Å². The molecule has 4 aliphatic rings. The van der Waals surface area contributed by atoms with E-state index in [1.54, 1.807) is 23.7 Å². The average molecular weight is 688 g/mol. The van der Waals surface area contributed by atoms with Gasteiger partial charge in [-0.1, -0.05) is 36.2 Å². The molecule has 8 nitrogen and oxygen atoms in total. The number of likely N-dealkylation sites (tertiary alicyclic amines) is 2. The Morgan fingerprint density at radius 2 is 1.94 bits per heavy atom. The highest BCUT2D eigenvalue weighted by atomic mass is 35.5. The number of rotatable bonds is 9. The minimum absolute atomic E-state index is 0.251. The Balaban J connectivity index is 0.933. The van der Waals surface area contributed by atoms with Crippen LogP contribution in [0.2, 0.25) is 0 Å². The first-order valence-corrected chi connectivity index (χ1v) is 18.6. The molecule has 1 aromatic carbocycles. The van der Waals surface area contributed by atoms with Crippen LogP contribution in [-0.2, 0) is 30.7 Å². The van der Waals surface area contributed by atoms with Gasteiger partial charge in [-0.2, -0.15) is 5.10 Å². The molecule has 0 amide bonds. The van der Waals surface area contributed by atoms with Crippen LogP contribution in [0, 0.1) is 5.82 Å².